The predicted molar refractivity (Wildman–Crippen MR) is 154 cm³/mol. The summed E-state index contributed by atoms with van der Waals surface area (Å²) in [4.78, 5) is 5.97. The number of aryl methyl sites for hydroxylation is 1. The first-order valence-electron chi connectivity index (χ1n) is 15.8. The number of ether oxygens (including phenoxy) is 1. The molecule has 0 spiro atoms. The van der Waals surface area contributed by atoms with E-state index in [2.05, 4.69) is 48.1 Å². The molecule has 5 atom stereocenters. The topological polar surface area (TPSA) is 49.8 Å². The molecule has 4 nitrogen and oxygen atoms in total. The Morgan fingerprint density at radius 3 is 2.97 bits per heavy atom. The molecule has 0 saturated carbocycles. The molecule has 1 saturated heterocycles. The van der Waals surface area contributed by atoms with Gasteiger partial charge < -0.3 is 21.1 Å². The molecule has 7 rings (SSSR count). The fourth-order valence-electron chi connectivity index (χ4n) is 6.59. The van der Waals surface area contributed by atoms with E-state index >= 15 is 0 Å². The van der Waals surface area contributed by atoms with Crippen molar-refractivity contribution in [1.82, 2.24) is 0 Å². The molecule has 209 valence electrons. The zero-order chi connectivity index (χ0) is 27.9. The maximum Gasteiger partial charge on any atom is 0.171 e. The Morgan fingerprint density at radius 2 is 2.18 bits per heavy atom. The van der Waals surface area contributed by atoms with Gasteiger partial charge in [-0.2, -0.15) is 11.6 Å². The van der Waals surface area contributed by atoms with Crippen molar-refractivity contribution in [3.63, 3.8) is 0 Å². The third-order valence-corrected chi connectivity index (χ3v) is 9.95. The molecule has 3 unspecified atom stereocenters. The summed E-state index contributed by atoms with van der Waals surface area (Å²) in [5.41, 5.74) is 6.96. The van der Waals surface area contributed by atoms with E-state index in [9.17, 15) is 0 Å². The Hall–Kier alpha value is -1.33. The van der Waals surface area contributed by atoms with Crippen molar-refractivity contribution in [2.45, 2.75) is 104 Å². The van der Waals surface area contributed by atoms with Crippen molar-refractivity contribution in [1.29, 1.82) is 0 Å². The van der Waals surface area contributed by atoms with Gasteiger partial charge in [0.05, 0.1) is 0 Å². The van der Waals surface area contributed by atoms with E-state index in [0.717, 1.165) is 56.9 Å². The molecule has 6 heteroatoms. The molecule has 1 aromatic heterocycles. The molecule has 6 aliphatic rings. The van der Waals surface area contributed by atoms with Gasteiger partial charge in [0.2, 0.25) is 0 Å². The molecule has 0 N–H and O–H groups in total. The quantitative estimate of drug-likeness (QED) is 0.284. The molecule has 1 radical (unpaired) electrons. The smallest absolute Gasteiger partial charge is 0.171 e. The molecule has 1 fully saturated rings. The number of nitrogens with zero attached hydrogens (tertiary/aromatic N) is 3. The second-order valence-electron chi connectivity index (χ2n) is 11.5. The van der Waals surface area contributed by atoms with Crippen molar-refractivity contribution < 1.29 is 29.0 Å². The van der Waals surface area contributed by atoms with Gasteiger partial charge in [-0.25, -0.2) is 12.0 Å². The number of aliphatic imine (C=N–C) groups is 1. The van der Waals surface area contributed by atoms with Crippen LogP contribution in [0.1, 0.15) is 91.7 Å². The molecule has 0 bridgehead atoms. The van der Waals surface area contributed by atoms with Crippen LogP contribution in [0.25, 0.3) is 10.6 Å². The molecule has 0 amide bonds. The van der Waals surface area contributed by atoms with Crippen LogP contribution < -0.4 is 0 Å². The van der Waals surface area contributed by atoms with Gasteiger partial charge in [0.1, 0.15) is 0 Å². The average molecular weight is 711 g/mol. The van der Waals surface area contributed by atoms with Crippen LogP contribution in [0.3, 0.4) is 0 Å². The van der Waals surface area contributed by atoms with Gasteiger partial charge in [-0.15, -0.1) is 43.3 Å². The largest absolute Gasteiger partial charge is 0.769 e. The van der Waals surface area contributed by atoms with Crippen LogP contribution in [0.15, 0.2) is 39.1 Å². The van der Waals surface area contributed by atoms with Crippen LogP contribution in [-0.4, -0.2) is 24.5 Å². The molecule has 0 aromatic carbocycles. The Bertz CT molecular complexity index is 1230. The van der Waals surface area contributed by atoms with Crippen molar-refractivity contribution >= 4 is 17.0 Å². The minimum absolute atomic E-state index is 0. The second kappa shape index (κ2) is 12.5. The molecule has 38 heavy (non-hydrogen) atoms. The number of fused-ring (bicyclic) bond motifs is 4. The third kappa shape index (κ3) is 5.89. The van der Waals surface area contributed by atoms with Crippen LogP contribution in [0, 0.1) is 37.2 Å². The first-order chi connectivity index (χ1) is 19.3. The molecule has 2 aliphatic carbocycles. The van der Waals surface area contributed by atoms with Gasteiger partial charge in [-0.05, 0) is 55.7 Å². The van der Waals surface area contributed by atoms with Gasteiger partial charge in [0.15, 0.2) is 6.23 Å². The molecule has 1 aromatic rings. The number of rotatable bonds is 2. The first kappa shape index (κ1) is 24.5. The van der Waals surface area contributed by atoms with Crippen molar-refractivity contribution in [3.8, 4) is 0 Å². The summed E-state index contributed by atoms with van der Waals surface area (Å²) < 4.78 is 29.3. The van der Waals surface area contributed by atoms with Gasteiger partial charge in [-0.3, -0.25) is 11.1 Å². The predicted octanol–water partition coefficient (Wildman–Crippen LogP) is 8.54. The maximum absolute atomic E-state index is 7.67. The van der Waals surface area contributed by atoms with E-state index in [1.807, 2.05) is 11.3 Å². The average Bonchev–Trinajstić information content (AvgIpc) is 3.53. The third-order valence-electron chi connectivity index (χ3n) is 8.78. The Labute approximate surface area is 251 Å². The number of allylic oxidation sites excluding steroid dienone is 4. The summed E-state index contributed by atoms with van der Waals surface area (Å²) in [6.45, 7) is 4.13. The monoisotopic (exact) mass is 711 g/mol. The Balaban J connectivity index is 0.000000204. The van der Waals surface area contributed by atoms with E-state index < -0.39 is 6.85 Å². The summed E-state index contributed by atoms with van der Waals surface area (Å²) in [7, 11) is 0. The van der Waals surface area contributed by atoms with Gasteiger partial charge >= 0.3 is 0 Å². The normalized spacial score (nSPS) is 33.3. The van der Waals surface area contributed by atoms with Crippen molar-refractivity contribution in [2.75, 3.05) is 6.54 Å². The van der Waals surface area contributed by atoms with Crippen LogP contribution in [0.5, 0.6) is 0 Å². The van der Waals surface area contributed by atoms with Crippen molar-refractivity contribution in [2.24, 2.45) is 22.7 Å². The van der Waals surface area contributed by atoms with E-state index in [0.29, 0.717) is 24.0 Å². The zero-order valence-electron chi connectivity index (χ0n) is 25.6. The minimum Gasteiger partial charge on any atom is -0.769 e. The maximum atomic E-state index is 7.67. The Kier molecular flexibility index (Phi) is 8.02. The Morgan fingerprint density at radius 1 is 1.26 bits per heavy atom. The van der Waals surface area contributed by atoms with Gasteiger partial charge in [0.25, 0.3) is 0 Å². The fraction of sp³-hybridized carbons (Fsp3) is 0.625. The van der Waals surface area contributed by atoms with Crippen LogP contribution >= 0.6 is 11.3 Å². The summed E-state index contributed by atoms with van der Waals surface area (Å²) in [6.07, 6.45) is 18.4. The van der Waals surface area contributed by atoms with Gasteiger partial charge in [-0.1, -0.05) is 50.5 Å². The number of hydrogen-bond donors (Lipinski definition) is 0. The van der Waals surface area contributed by atoms with Crippen molar-refractivity contribution in [3.05, 3.63) is 73.2 Å². The summed E-state index contributed by atoms with van der Waals surface area (Å²) >= 11 is 1.85. The van der Waals surface area contributed by atoms with E-state index in [1.54, 1.807) is 0 Å². The van der Waals surface area contributed by atoms with E-state index in [4.69, 9.17) is 14.2 Å². The molecule has 5 heterocycles. The summed E-state index contributed by atoms with van der Waals surface area (Å²) in [5.74, 6) is 2.49. The van der Waals surface area contributed by atoms with Crippen LogP contribution in [0.4, 0.5) is 0 Å². The molecule has 4 aliphatic heterocycles. The second-order valence-corrected chi connectivity index (χ2v) is 12.5. The number of hydrogen-bond acceptors (Lipinski definition) is 3. The first-order valence-corrected chi connectivity index (χ1v) is 15.2. The van der Waals surface area contributed by atoms with Gasteiger partial charge in [0, 0.05) is 40.7 Å². The molecular formula is C32H41IrN3OS-4. The number of thiophene rings is 1. The summed E-state index contributed by atoms with van der Waals surface area (Å²) in [5, 5.41) is 11.8. The minimum atomic E-state index is -2.10. The fourth-order valence-corrected chi connectivity index (χ4v) is 7.67. The van der Waals surface area contributed by atoms with Crippen LogP contribution in [0.2, 0.25) is 0 Å². The standard InChI is InChI=1S/C20H24N2OS.C12H17N.Ir/c1-11-10-24-18-8-17(21-9-16(11)18)15-5-3-4-13-14-7-6-12(2)22-20(14)23-19(13)15;1-10-7-8-12(13-9-10)11-5-3-2-4-6-11;/h5,10,13-14,17,20H,3-4,6-9H2,1-2H3;8,10H,2-5,7,9H2,1H3;/q2*-2;/t13?,14?,17-,20?;10-;/m10./s1/i2D3;;. The SMILES string of the molecule is C[C@H]1CC=C(C2=[C-]CCCC2)[N-]C1.[2H]C([2H])([2H])C1=NC2OC3=C([C@H]4Cc5scc(C)c5C[N-]4)[CH-]CCC3C2CC1.[Ir]. The summed E-state index contributed by atoms with van der Waals surface area (Å²) in [6, 6.07) is 0.166. The van der Waals surface area contributed by atoms with E-state index in [-0.39, 0.29) is 32.4 Å². The molecular weight excluding hydrogens is 667 g/mol. The zero-order valence-corrected chi connectivity index (χ0v) is 25.8. The van der Waals surface area contributed by atoms with E-state index in [1.165, 1.54) is 58.5 Å². The van der Waals surface area contributed by atoms with Crippen LogP contribution in [-0.2, 0) is 37.8 Å².